The molecule has 2 N–H and O–H groups in total. The molecule has 2 aromatic carbocycles. The summed E-state index contributed by atoms with van der Waals surface area (Å²) in [6.45, 7) is 4.02. The first-order valence-electron chi connectivity index (χ1n) is 9.72. The molecule has 3 aromatic rings. The predicted molar refractivity (Wildman–Crippen MR) is 115 cm³/mol. The number of thioether (sulfide) groups is 1. The van der Waals surface area contributed by atoms with E-state index in [1.165, 1.54) is 17.8 Å². The van der Waals surface area contributed by atoms with Crippen molar-refractivity contribution in [3.05, 3.63) is 47.5 Å². The minimum absolute atomic E-state index is 0.0115. The zero-order valence-electron chi connectivity index (χ0n) is 16.8. The second-order valence-electron chi connectivity index (χ2n) is 7.23. The van der Waals surface area contributed by atoms with Crippen LogP contribution in [0.3, 0.4) is 0 Å². The average molecular weight is 450 g/mol. The monoisotopic (exact) mass is 450 g/mol. The van der Waals surface area contributed by atoms with Crippen molar-refractivity contribution in [1.82, 2.24) is 9.97 Å². The number of aryl methyl sites for hydroxylation is 1. The normalized spacial score (nSPS) is 14.8. The topological polar surface area (TPSA) is 70.2 Å². The highest BCUT2D eigenvalue weighted by Crippen LogP contribution is 2.36. The van der Waals surface area contributed by atoms with Crippen molar-refractivity contribution in [1.29, 1.82) is 0 Å². The van der Waals surface area contributed by atoms with E-state index >= 15 is 0 Å². The molecule has 0 radical (unpaired) electrons. The van der Waals surface area contributed by atoms with E-state index in [1.807, 2.05) is 30.0 Å². The van der Waals surface area contributed by atoms with Crippen LogP contribution in [0, 0.1) is 6.92 Å². The van der Waals surface area contributed by atoms with Crippen molar-refractivity contribution in [2.45, 2.75) is 18.3 Å². The third-order valence-electron chi connectivity index (χ3n) is 4.91. The summed E-state index contributed by atoms with van der Waals surface area (Å²) in [6, 6.07) is 9.22. The number of morpholine rings is 1. The average Bonchev–Trinajstić information content (AvgIpc) is 3.14. The largest absolute Gasteiger partial charge is 0.416 e. The van der Waals surface area contributed by atoms with E-state index in [-0.39, 0.29) is 11.4 Å². The van der Waals surface area contributed by atoms with Crippen molar-refractivity contribution in [3.8, 4) is 0 Å². The number of hydrogen-bond donors (Lipinski definition) is 2. The van der Waals surface area contributed by atoms with E-state index < -0.39 is 17.6 Å². The Hall–Kier alpha value is -2.72. The van der Waals surface area contributed by atoms with Crippen LogP contribution in [0.25, 0.3) is 11.0 Å². The van der Waals surface area contributed by atoms with Gasteiger partial charge in [0.2, 0.25) is 5.91 Å². The molecular weight excluding hydrogens is 429 g/mol. The third kappa shape index (κ3) is 5.13. The lowest BCUT2D eigenvalue weighted by Crippen LogP contribution is -2.37. The predicted octanol–water partition coefficient (Wildman–Crippen LogP) is 4.46. The summed E-state index contributed by atoms with van der Waals surface area (Å²) >= 11 is 1.20. The van der Waals surface area contributed by atoms with Crippen molar-refractivity contribution >= 4 is 40.1 Å². The standard InChI is InChI=1S/C21H21F3N4O2S/c1-13-2-4-15-16(10-13)27-20(26-15)31-12-19(29)25-17-11-14(21(22,23)24)3-5-18(17)28-6-8-30-9-7-28/h2-5,10-11H,6-9,12H2,1H3,(H,25,29)(H,26,27). The Bertz CT molecular complexity index is 1090. The van der Waals surface area contributed by atoms with E-state index in [1.54, 1.807) is 0 Å². The maximum Gasteiger partial charge on any atom is 0.416 e. The van der Waals surface area contributed by atoms with Crippen LogP contribution >= 0.6 is 11.8 Å². The Kier molecular flexibility index (Phi) is 6.10. The fourth-order valence-corrected chi connectivity index (χ4v) is 4.07. The summed E-state index contributed by atoms with van der Waals surface area (Å²) in [5, 5.41) is 3.23. The molecule has 1 aliphatic rings. The molecule has 0 aliphatic carbocycles. The van der Waals surface area contributed by atoms with Gasteiger partial charge in [0.15, 0.2) is 5.16 Å². The number of amides is 1. The lowest BCUT2D eigenvalue weighted by molar-refractivity contribution is -0.137. The molecule has 1 amide bonds. The molecule has 1 aromatic heterocycles. The van der Waals surface area contributed by atoms with Gasteiger partial charge in [0.05, 0.1) is 46.9 Å². The zero-order chi connectivity index (χ0) is 22.0. The molecule has 6 nitrogen and oxygen atoms in total. The Morgan fingerprint density at radius 3 is 2.74 bits per heavy atom. The molecule has 2 heterocycles. The third-order valence-corrected chi connectivity index (χ3v) is 5.78. The molecule has 1 aliphatic heterocycles. The first-order chi connectivity index (χ1) is 14.8. The van der Waals surface area contributed by atoms with Gasteiger partial charge in [-0.1, -0.05) is 17.8 Å². The molecule has 1 saturated heterocycles. The van der Waals surface area contributed by atoms with Crippen LogP contribution in [0.5, 0.6) is 0 Å². The Morgan fingerprint density at radius 1 is 1.23 bits per heavy atom. The Labute approximate surface area is 181 Å². The lowest BCUT2D eigenvalue weighted by atomic mass is 10.1. The molecule has 4 rings (SSSR count). The first-order valence-corrected chi connectivity index (χ1v) is 10.7. The summed E-state index contributed by atoms with van der Waals surface area (Å²) in [4.78, 5) is 22.0. The van der Waals surface area contributed by atoms with Crippen molar-refractivity contribution in [3.63, 3.8) is 0 Å². The van der Waals surface area contributed by atoms with Gasteiger partial charge in [-0.2, -0.15) is 13.2 Å². The highest BCUT2D eigenvalue weighted by atomic mass is 32.2. The molecule has 0 saturated carbocycles. The number of imidazole rings is 1. The summed E-state index contributed by atoms with van der Waals surface area (Å²) in [6.07, 6.45) is -4.50. The van der Waals surface area contributed by atoms with Crippen molar-refractivity contribution in [2.24, 2.45) is 0 Å². The summed E-state index contributed by atoms with van der Waals surface area (Å²) in [5.74, 6) is -0.395. The van der Waals surface area contributed by atoms with Gasteiger partial charge in [0.1, 0.15) is 0 Å². The van der Waals surface area contributed by atoms with Crippen LogP contribution in [0.1, 0.15) is 11.1 Å². The number of fused-ring (bicyclic) bond motifs is 1. The van der Waals surface area contributed by atoms with Gasteiger partial charge in [-0.15, -0.1) is 0 Å². The van der Waals surface area contributed by atoms with Crippen LogP contribution in [-0.4, -0.2) is 47.9 Å². The van der Waals surface area contributed by atoms with E-state index in [9.17, 15) is 18.0 Å². The summed E-state index contributed by atoms with van der Waals surface area (Å²) in [7, 11) is 0. The van der Waals surface area contributed by atoms with Crippen LogP contribution in [0.2, 0.25) is 0 Å². The highest BCUT2D eigenvalue weighted by Gasteiger charge is 2.32. The Morgan fingerprint density at radius 2 is 2.00 bits per heavy atom. The second kappa shape index (κ2) is 8.80. The number of hydrogen-bond acceptors (Lipinski definition) is 5. The SMILES string of the molecule is Cc1ccc2nc(SCC(=O)Nc3cc(C(F)(F)F)ccc3N3CCOCC3)[nH]c2c1. The number of halogens is 3. The van der Waals surface area contributed by atoms with Crippen LogP contribution < -0.4 is 10.2 Å². The van der Waals surface area contributed by atoms with Gasteiger partial charge in [0, 0.05) is 13.1 Å². The number of anilines is 2. The van der Waals surface area contributed by atoms with Crippen molar-refractivity contribution < 1.29 is 22.7 Å². The molecule has 0 bridgehead atoms. The number of alkyl halides is 3. The number of ether oxygens (including phenoxy) is 1. The van der Waals surface area contributed by atoms with E-state index in [0.29, 0.717) is 37.1 Å². The summed E-state index contributed by atoms with van der Waals surface area (Å²) < 4.78 is 45.0. The number of nitrogens with one attached hydrogen (secondary N) is 2. The number of carbonyl (C=O) groups excluding carboxylic acids is 1. The molecule has 164 valence electrons. The van der Waals surface area contributed by atoms with Gasteiger partial charge in [-0.3, -0.25) is 4.79 Å². The van der Waals surface area contributed by atoms with E-state index in [2.05, 4.69) is 15.3 Å². The Balaban J connectivity index is 1.49. The minimum atomic E-state index is -4.50. The van der Waals surface area contributed by atoms with E-state index in [4.69, 9.17) is 4.74 Å². The summed E-state index contributed by atoms with van der Waals surface area (Å²) in [5.41, 5.74) is 2.64. The maximum atomic E-state index is 13.2. The number of aromatic nitrogens is 2. The fourth-order valence-electron chi connectivity index (χ4n) is 3.38. The van der Waals surface area contributed by atoms with Crippen LogP contribution in [-0.2, 0) is 15.7 Å². The first kappa shape index (κ1) is 21.5. The number of rotatable bonds is 5. The molecular formula is C21H21F3N4O2S. The molecule has 0 unspecified atom stereocenters. The van der Waals surface area contributed by atoms with E-state index in [0.717, 1.165) is 28.7 Å². The van der Waals surface area contributed by atoms with Gasteiger partial charge >= 0.3 is 6.18 Å². The zero-order valence-corrected chi connectivity index (χ0v) is 17.6. The smallest absolute Gasteiger partial charge is 0.378 e. The molecule has 1 fully saturated rings. The van der Waals surface area contributed by atoms with Crippen molar-refractivity contribution in [2.75, 3.05) is 42.3 Å². The maximum absolute atomic E-state index is 13.2. The van der Waals surface area contributed by atoms with Gasteiger partial charge in [-0.25, -0.2) is 4.98 Å². The number of aromatic amines is 1. The fraction of sp³-hybridized carbons (Fsp3) is 0.333. The number of nitrogens with zero attached hydrogens (tertiary/aromatic N) is 2. The number of carbonyl (C=O) groups is 1. The second-order valence-corrected chi connectivity index (χ2v) is 8.19. The molecule has 0 atom stereocenters. The highest BCUT2D eigenvalue weighted by molar-refractivity contribution is 7.99. The molecule has 31 heavy (non-hydrogen) atoms. The van der Waals surface area contributed by atoms with Crippen LogP contribution in [0.4, 0.5) is 24.5 Å². The molecule has 0 spiro atoms. The van der Waals surface area contributed by atoms with Gasteiger partial charge < -0.3 is 19.9 Å². The number of H-pyrrole nitrogens is 1. The lowest BCUT2D eigenvalue weighted by Gasteiger charge is -2.31. The van der Waals surface area contributed by atoms with Gasteiger partial charge in [-0.05, 0) is 42.8 Å². The van der Waals surface area contributed by atoms with Crippen LogP contribution in [0.15, 0.2) is 41.6 Å². The minimum Gasteiger partial charge on any atom is -0.378 e. The quantitative estimate of drug-likeness (QED) is 0.562. The van der Waals surface area contributed by atoms with Gasteiger partial charge in [0.25, 0.3) is 0 Å². The molecule has 10 heteroatoms. The number of benzene rings is 2.